The number of nitrogens with zero attached hydrogens (tertiary/aromatic N) is 1. The molecule has 1 aliphatic heterocycles. The van der Waals surface area contributed by atoms with E-state index in [2.05, 4.69) is 15.6 Å². The van der Waals surface area contributed by atoms with E-state index in [-0.39, 0.29) is 47.6 Å². The number of hydrogen-bond acceptors (Lipinski definition) is 8. The first-order valence-electron chi connectivity index (χ1n) is 18.9. The van der Waals surface area contributed by atoms with Gasteiger partial charge in [0.2, 0.25) is 18.1 Å². The van der Waals surface area contributed by atoms with Crippen LogP contribution in [0.2, 0.25) is 0 Å². The maximum Gasteiger partial charge on any atom is 0.407 e. The maximum absolute atomic E-state index is 14.2. The molecule has 2 heterocycles. The van der Waals surface area contributed by atoms with Gasteiger partial charge >= 0.3 is 18.0 Å². The van der Waals surface area contributed by atoms with E-state index in [1.807, 2.05) is 30.3 Å². The predicted octanol–water partition coefficient (Wildman–Crippen LogP) is 7.25. The van der Waals surface area contributed by atoms with Crippen LogP contribution in [0.3, 0.4) is 0 Å². The molecule has 1 aliphatic carbocycles. The Morgan fingerprint density at radius 1 is 0.944 bits per heavy atom. The number of nitrogens with one attached hydrogen (secondary N) is 3. The number of carbonyl (C=O) groups is 5. The number of esters is 2. The molecule has 3 aromatic rings. The topological polar surface area (TPSA) is 156 Å². The van der Waals surface area contributed by atoms with Crippen molar-refractivity contribution in [1.29, 1.82) is 0 Å². The highest BCUT2D eigenvalue weighted by Crippen LogP contribution is 2.39. The van der Waals surface area contributed by atoms with Gasteiger partial charge in [0.05, 0.1) is 6.04 Å². The first-order valence-corrected chi connectivity index (χ1v) is 18.9. The quantitative estimate of drug-likeness (QED) is 0.129. The number of fused-ring (bicyclic) bond motifs is 1. The predicted molar refractivity (Wildman–Crippen MR) is 201 cm³/mol. The van der Waals surface area contributed by atoms with Gasteiger partial charge in [-0.3, -0.25) is 14.4 Å². The van der Waals surface area contributed by atoms with Gasteiger partial charge in [-0.05, 0) is 88.6 Å². The Kier molecular flexibility index (Phi) is 13.0. The lowest BCUT2D eigenvalue weighted by molar-refractivity contribution is -0.175. The molecule has 2 aromatic carbocycles. The fourth-order valence-corrected chi connectivity index (χ4v) is 7.37. The van der Waals surface area contributed by atoms with Crippen molar-refractivity contribution in [2.24, 2.45) is 17.8 Å². The third-order valence-corrected chi connectivity index (χ3v) is 10.1. The van der Waals surface area contributed by atoms with Crippen LogP contribution in [0.15, 0.2) is 54.6 Å². The number of ether oxygens (including phenoxy) is 3. The number of alkyl carbamates (subject to hydrolysis) is 1. The van der Waals surface area contributed by atoms with E-state index in [9.17, 15) is 28.4 Å². The van der Waals surface area contributed by atoms with Gasteiger partial charge in [0.25, 0.3) is 0 Å². The number of hydrogen-bond donors (Lipinski definition) is 3. The van der Waals surface area contributed by atoms with Crippen molar-refractivity contribution in [3.8, 4) is 0 Å². The Morgan fingerprint density at radius 2 is 1.65 bits per heavy atom. The van der Waals surface area contributed by atoms with Crippen molar-refractivity contribution in [3.05, 3.63) is 65.9 Å². The van der Waals surface area contributed by atoms with E-state index >= 15 is 0 Å². The van der Waals surface area contributed by atoms with Gasteiger partial charge in [0.1, 0.15) is 24.0 Å². The summed E-state index contributed by atoms with van der Waals surface area (Å²) >= 11 is 0. The minimum absolute atomic E-state index is 0.0995. The number of carbonyl (C=O) groups excluding carboxylic acids is 5. The molecule has 5 rings (SSSR count). The van der Waals surface area contributed by atoms with Crippen LogP contribution < -0.4 is 10.6 Å². The summed E-state index contributed by atoms with van der Waals surface area (Å²) < 4.78 is 30.2. The summed E-state index contributed by atoms with van der Waals surface area (Å²) in [5.74, 6) is -2.53. The molecule has 292 valence electrons. The fourth-order valence-electron chi connectivity index (χ4n) is 7.37. The lowest BCUT2D eigenvalue weighted by atomic mass is 9.78. The highest BCUT2D eigenvalue weighted by atomic mass is 19.1. The van der Waals surface area contributed by atoms with E-state index in [4.69, 9.17) is 14.2 Å². The second-order valence-corrected chi connectivity index (χ2v) is 15.6. The molecule has 0 radical (unpaired) electrons. The first kappa shape index (κ1) is 40.2. The van der Waals surface area contributed by atoms with Crippen LogP contribution in [0.25, 0.3) is 10.9 Å². The molecule has 3 amide bonds. The van der Waals surface area contributed by atoms with Gasteiger partial charge in [0.15, 0.2) is 0 Å². The van der Waals surface area contributed by atoms with Crippen molar-refractivity contribution in [1.82, 2.24) is 15.2 Å². The van der Waals surface area contributed by atoms with Crippen LogP contribution in [0.5, 0.6) is 0 Å². The number of halogens is 1. The van der Waals surface area contributed by atoms with Crippen LogP contribution in [0, 0.1) is 17.8 Å². The zero-order valence-electron chi connectivity index (χ0n) is 32.0. The van der Waals surface area contributed by atoms with Crippen molar-refractivity contribution in [2.45, 2.75) is 110 Å². The standard InChI is InChI=1S/C41H53FN4O8/c1-7-34(47)52-39(24(2)3)53-38(50)32-22-28-21-29(17-18-31(28)44-32)43-36(48)35-30(25-11-9-8-10-12-25)19-20-46(35)37(49)27-15-13-26(14-16-27)33(23-42)45-40(51)54-41(4,5)6/h8-12,17-18,21-22,24,26-27,30,33,35,39,44H,7,13-16,19-20,23H2,1-6H3,(H,43,48)(H,45,51)/t26-,27-,30-,33-,35+,39?/m1/s1. The Balaban J connectivity index is 1.28. The van der Waals surface area contributed by atoms with E-state index in [1.54, 1.807) is 70.7 Å². The van der Waals surface area contributed by atoms with Crippen molar-refractivity contribution >= 4 is 46.4 Å². The summed E-state index contributed by atoms with van der Waals surface area (Å²) in [6.45, 7) is 10.2. The molecule has 13 heteroatoms. The zero-order chi connectivity index (χ0) is 39.2. The molecule has 3 N–H and O–H groups in total. The highest BCUT2D eigenvalue weighted by molar-refractivity contribution is 6.01. The van der Waals surface area contributed by atoms with Gasteiger partial charge in [-0.25, -0.2) is 14.0 Å². The second-order valence-electron chi connectivity index (χ2n) is 15.6. The van der Waals surface area contributed by atoms with Gasteiger partial charge < -0.3 is 34.7 Å². The van der Waals surface area contributed by atoms with E-state index in [1.165, 1.54) is 0 Å². The molecule has 4 atom stereocenters. The van der Waals surface area contributed by atoms with Crippen molar-refractivity contribution in [2.75, 3.05) is 18.5 Å². The summed E-state index contributed by atoms with van der Waals surface area (Å²) in [6.07, 6.45) is 1.22. The van der Waals surface area contributed by atoms with Gasteiger partial charge in [-0.2, -0.15) is 0 Å². The van der Waals surface area contributed by atoms with Crippen molar-refractivity contribution in [3.63, 3.8) is 0 Å². The van der Waals surface area contributed by atoms with Crippen LogP contribution in [-0.2, 0) is 28.6 Å². The summed E-state index contributed by atoms with van der Waals surface area (Å²) in [7, 11) is 0. The smallest absolute Gasteiger partial charge is 0.407 e. The molecular weight excluding hydrogens is 695 g/mol. The van der Waals surface area contributed by atoms with Crippen LogP contribution in [-0.4, -0.2) is 76.9 Å². The SMILES string of the molecule is CCC(=O)OC(OC(=O)c1cc2cc(NC(=O)[C@@H]3[C@@H](c4ccccc4)CCN3C(=O)[C@H]3CC[C@H]([C@@H](CF)NC(=O)OC(C)(C)C)CC3)ccc2[nH]1)C(C)C. The summed E-state index contributed by atoms with van der Waals surface area (Å²) in [6, 6.07) is 15.0. The Labute approximate surface area is 315 Å². The molecule has 1 aromatic heterocycles. The average Bonchev–Trinajstić information content (AvgIpc) is 3.78. The van der Waals surface area contributed by atoms with E-state index in [0.29, 0.717) is 55.2 Å². The molecule has 2 aliphatic rings. The van der Waals surface area contributed by atoms with Crippen LogP contribution in [0.4, 0.5) is 14.9 Å². The highest BCUT2D eigenvalue weighted by Gasteiger charge is 2.45. The van der Waals surface area contributed by atoms with Crippen LogP contribution in [0.1, 0.15) is 102 Å². The Hall–Kier alpha value is -4.94. The van der Waals surface area contributed by atoms with E-state index < -0.39 is 48.7 Å². The number of alkyl halides is 1. The fraction of sp³-hybridized carbons (Fsp3) is 0.537. The number of benzene rings is 2. The lowest BCUT2D eigenvalue weighted by Crippen LogP contribution is -2.49. The molecule has 1 saturated carbocycles. The number of aromatic amines is 1. The minimum Gasteiger partial charge on any atom is -0.444 e. The number of likely N-dealkylation sites (tertiary alicyclic amines) is 1. The molecule has 0 spiro atoms. The van der Waals surface area contributed by atoms with Crippen LogP contribution >= 0.6 is 0 Å². The van der Waals surface area contributed by atoms with Crippen molar-refractivity contribution < 1.29 is 42.6 Å². The number of anilines is 1. The molecule has 1 saturated heterocycles. The molecule has 0 bridgehead atoms. The number of rotatable bonds is 12. The Bertz CT molecular complexity index is 1800. The largest absolute Gasteiger partial charge is 0.444 e. The second kappa shape index (κ2) is 17.5. The third kappa shape index (κ3) is 9.97. The zero-order valence-corrected chi connectivity index (χ0v) is 32.0. The van der Waals surface area contributed by atoms with Gasteiger partial charge in [0, 0.05) is 47.3 Å². The molecule has 54 heavy (non-hydrogen) atoms. The normalized spacial score (nSPS) is 21.3. The maximum atomic E-state index is 14.2. The lowest BCUT2D eigenvalue weighted by Gasteiger charge is -2.36. The first-order chi connectivity index (χ1) is 25.7. The number of amides is 3. The summed E-state index contributed by atoms with van der Waals surface area (Å²) in [5, 5.41) is 6.35. The molecule has 12 nitrogen and oxygen atoms in total. The van der Waals surface area contributed by atoms with Gasteiger partial charge in [-0.15, -0.1) is 0 Å². The number of H-pyrrole nitrogens is 1. The molecule has 1 unspecified atom stereocenters. The summed E-state index contributed by atoms with van der Waals surface area (Å²) in [5.41, 5.74) is 1.55. The van der Waals surface area contributed by atoms with E-state index in [0.717, 1.165) is 5.56 Å². The summed E-state index contributed by atoms with van der Waals surface area (Å²) in [4.78, 5) is 70.3. The third-order valence-electron chi connectivity index (χ3n) is 10.1. The minimum atomic E-state index is -1.04. The average molecular weight is 749 g/mol. The molecular formula is C41H53FN4O8. The van der Waals surface area contributed by atoms with Gasteiger partial charge in [-0.1, -0.05) is 51.1 Å². The number of aromatic nitrogens is 1. The monoisotopic (exact) mass is 748 g/mol. The molecule has 2 fully saturated rings. The Morgan fingerprint density at radius 3 is 2.28 bits per heavy atom.